The van der Waals surface area contributed by atoms with Gasteiger partial charge in [-0.3, -0.25) is 0 Å². The van der Waals surface area contributed by atoms with Crippen molar-refractivity contribution in [1.82, 2.24) is 0 Å². The average Bonchev–Trinajstić information content (AvgIpc) is 2.96. The molecule has 0 aliphatic heterocycles. The average molecular weight is 719 g/mol. The second kappa shape index (κ2) is 10.2. The summed E-state index contributed by atoms with van der Waals surface area (Å²) in [6.07, 6.45) is 16.0. The summed E-state index contributed by atoms with van der Waals surface area (Å²) in [4.78, 5) is 0. The van der Waals surface area contributed by atoms with Gasteiger partial charge in [-0.2, -0.15) is 0 Å². The fraction of sp³-hybridized carbons (Fsp3) is 0.526. The van der Waals surface area contributed by atoms with Crippen molar-refractivity contribution in [1.29, 1.82) is 0 Å². The van der Waals surface area contributed by atoms with Crippen molar-refractivity contribution < 1.29 is 9.47 Å². The summed E-state index contributed by atoms with van der Waals surface area (Å²) in [6, 6.07) is 16.9. The highest BCUT2D eigenvalue weighted by molar-refractivity contribution is 9.11. The first-order valence-corrected chi connectivity index (χ1v) is 18.5. The van der Waals surface area contributed by atoms with E-state index < -0.39 is 0 Å². The van der Waals surface area contributed by atoms with Crippen LogP contribution in [0, 0.1) is 35.5 Å². The Bertz CT molecular complexity index is 1460. The first kappa shape index (κ1) is 28.1. The molecule has 3 aromatic carbocycles. The fourth-order valence-corrected chi connectivity index (χ4v) is 12.4. The van der Waals surface area contributed by atoms with Crippen LogP contribution < -0.4 is 20.9 Å². The topological polar surface area (TPSA) is 70.5 Å². The lowest BCUT2D eigenvalue weighted by Gasteiger charge is -2.58. The third kappa shape index (κ3) is 4.63. The summed E-state index contributed by atoms with van der Waals surface area (Å²) < 4.78 is 15.8. The number of halogens is 2. The van der Waals surface area contributed by atoms with E-state index in [0.29, 0.717) is 11.4 Å². The van der Waals surface area contributed by atoms with Gasteiger partial charge in [0.05, 0.1) is 0 Å². The summed E-state index contributed by atoms with van der Waals surface area (Å²) >= 11 is 7.16. The maximum Gasteiger partial charge on any atom is 0.131 e. The molecule has 8 aliphatic rings. The zero-order chi connectivity index (χ0) is 29.8. The van der Waals surface area contributed by atoms with Crippen molar-refractivity contribution in [3.8, 4) is 23.0 Å². The predicted molar refractivity (Wildman–Crippen MR) is 183 cm³/mol. The summed E-state index contributed by atoms with van der Waals surface area (Å²) in [7, 11) is 0. The van der Waals surface area contributed by atoms with Gasteiger partial charge in [0.15, 0.2) is 0 Å². The largest absolute Gasteiger partial charge is 0.457 e. The summed E-state index contributed by atoms with van der Waals surface area (Å²) in [5.41, 5.74) is 17.1. The number of rotatable bonds is 6. The minimum atomic E-state index is 0.141. The maximum atomic E-state index is 7.00. The van der Waals surface area contributed by atoms with Crippen LogP contribution in [0.2, 0.25) is 0 Å². The molecule has 0 atom stereocenters. The Morgan fingerprint density at radius 2 is 0.818 bits per heavy atom. The van der Waals surface area contributed by atoms with Crippen molar-refractivity contribution >= 4 is 43.2 Å². The Hall–Kier alpha value is -2.18. The molecule has 0 spiro atoms. The van der Waals surface area contributed by atoms with E-state index >= 15 is 0 Å². The van der Waals surface area contributed by atoms with E-state index in [1.54, 1.807) is 0 Å². The monoisotopic (exact) mass is 716 g/mol. The highest BCUT2D eigenvalue weighted by Crippen LogP contribution is 2.65. The van der Waals surface area contributed by atoms with Gasteiger partial charge in [0.1, 0.15) is 23.0 Å². The molecule has 0 amide bonds. The summed E-state index contributed by atoms with van der Waals surface area (Å²) in [5, 5.41) is 0. The summed E-state index contributed by atoms with van der Waals surface area (Å²) in [5.74, 6) is 8.65. The molecule has 3 aromatic rings. The molecular formula is C38H42Br2N2O2. The second-order valence-electron chi connectivity index (χ2n) is 15.8. The highest BCUT2D eigenvalue weighted by Gasteiger charge is 2.55. The Balaban J connectivity index is 1.23. The lowest BCUT2D eigenvalue weighted by Crippen LogP contribution is -2.49. The zero-order valence-corrected chi connectivity index (χ0v) is 28.5. The molecule has 8 fully saturated rings. The lowest BCUT2D eigenvalue weighted by molar-refractivity contribution is -0.00824. The molecule has 0 aromatic heterocycles. The van der Waals surface area contributed by atoms with E-state index in [1.165, 1.54) is 88.2 Å². The molecule has 4 nitrogen and oxygen atoms in total. The molecule has 8 aliphatic carbocycles. The Kier molecular flexibility index (Phi) is 6.48. The quantitative estimate of drug-likeness (QED) is 0.249. The van der Waals surface area contributed by atoms with Crippen LogP contribution in [-0.2, 0) is 10.8 Å². The van der Waals surface area contributed by atoms with Gasteiger partial charge < -0.3 is 20.9 Å². The van der Waals surface area contributed by atoms with Gasteiger partial charge in [-0.05, 0) is 192 Å². The minimum absolute atomic E-state index is 0.141. The molecule has 0 heterocycles. The number of ether oxygens (including phenoxy) is 2. The van der Waals surface area contributed by atoms with Crippen molar-refractivity contribution in [2.45, 2.75) is 87.9 Å². The standard InChI is InChI=1S/C38H42Br2N2O2/c39-31-3-1-27(11-33(31)41)43-35-13-30(38-18-24-8-25(19-38)10-26(9-24)20-38)36(44-28-2-4-32(40)34(42)12-28)14-29(35)37-15-21-5-22(16-37)7-23(6-21)17-37/h1-4,11-14,21-26H,5-10,15-20,41-42H2. The second-order valence-corrected chi connectivity index (χ2v) is 17.5. The van der Waals surface area contributed by atoms with Crippen molar-refractivity contribution in [2.75, 3.05) is 11.5 Å². The molecule has 4 N–H and O–H groups in total. The number of nitrogen functional groups attached to an aromatic ring is 2. The number of hydrogen-bond donors (Lipinski definition) is 2. The van der Waals surface area contributed by atoms with Crippen LogP contribution in [0.4, 0.5) is 11.4 Å². The van der Waals surface area contributed by atoms with Gasteiger partial charge in [-0.25, -0.2) is 0 Å². The smallest absolute Gasteiger partial charge is 0.131 e. The molecule has 8 saturated carbocycles. The SMILES string of the molecule is Nc1cc(Oc2cc(C34CC5CC(CC(C5)C3)C4)c(Oc3ccc(Br)c(N)c3)cc2C23CC4CC(CC(C4)C2)C3)ccc1Br. The van der Waals surface area contributed by atoms with Crippen LogP contribution in [0.5, 0.6) is 23.0 Å². The van der Waals surface area contributed by atoms with Crippen molar-refractivity contribution in [3.05, 3.63) is 68.6 Å². The van der Waals surface area contributed by atoms with Gasteiger partial charge in [-0.15, -0.1) is 0 Å². The lowest BCUT2D eigenvalue weighted by atomic mass is 9.47. The summed E-state index contributed by atoms with van der Waals surface area (Å²) in [6.45, 7) is 0. The highest BCUT2D eigenvalue weighted by atomic mass is 79.9. The fourth-order valence-electron chi connectivity index (χ4n) is 11.9. The number of nitrogens with two attached hydrogens (primary N) is 2. The van der Waals surface area contributed by atoms with Crippen LogP contribution in [0.3, 0.4) is 0 Å². The van der Waals surface area contributed by atoms with Gasteiger partial charge in [-0.1, -0.05) is 0 Å². The van der Waals surface area contributed by atoms with Gasteiger partial charge >= 0.3 is 0 Å². The molecule has 44 heavy (non-hydrogen) atoms. The molecule has 11 rings (SSSR count). The van der Waals surface area contributed by atoms with E-state index in [4.69, 9.17) is 20.9 Å². The maximum absolute atomic E-state index is 7.00. The van der Waals surface area contributed by atoms with Gasteiger partial charge in [0.25, 0.3) is 0 Å². The first-order chi connectivity index (χ1) is 21.2. The van der Waals surface area contributed by atoms with E-state index in [0.717, 1.165) is 67.5 Å². The van der Waals surface area contributed by atoms with Gasteiger partial charge in [0.2, 0.25) is 0 Å². The Morgan fingerprint density at radius 1 is 0.500 bits per heavy atom. The van der Waals surface area contributed by atoms with Crippen LogP contribution in [-0.4, -0.2) is 0 Å². The van der Waals surface area contributed by atoms with Crippen LogP contribution in [0.1, 0.15) is 88.2 Å². The molecule has 230 valence electrons. The first-order valence-electron chi connectivity index (χ1n) is 16.9. The molecular weight excluding hydrogens is 676 g/mol. The van der Waals surface area contributed by atoms with Crippen LogP contribution in [0.15, 0.2) is 57.5 Å². The van der Waals surface area contributed by atoms with E-state index in [9.17, 15) is 0 Å². The molecule has 6 heteroatoms. The number of benzene rings is 3. The zero-order valence-electron chi connectivity index (χ0n) is 25.3. The number of hydrogen-bond acceptors (Lipinski definition) is 4. The third-order valence-corrected chi connectivity index (χ3v) is 14.1. The Labute approximate surface area is 277 Å². The minimum Gasteiger partial charge on any atom is -0.457 e. The van der Waals surface area contributed by atoms with E-state index in [-0.39, 0.29) is 10.8 Å². The van der Waals surface area contributed by atoms with Crippen molar-refractivity contribution in [3.63, 3.8) is 0 Å². The van der Waals surface area contributed by atoms with E-state index in [2.05, 4.69) is 44.0 Å². The molecule has 0 saturated heterocycles. The number of anilines is 2. The van der Waals surface area contributed by atoms with Crippen LogP contribution in [0.25, 0.3) is 0 Å². The molecule has 8 bridgehead atoms. The van der Waals surface area contributed by atoms with Crippen molar-refractivity contribution in [2.24, 2.45) is 35.5 Å². The molecule has 0 unspecified atom stereocenters. The predicted octanol–water partition coefficient (Wildman–Crippen LogP) is 10.9. The Morgan fingerprint density at radius 3 is 1.11 bits per heavy atom. The van der Waals surface area contributed by atoms with E-state index in [1.807, 2.05) is 36.4 Å². The van der Waals surface area contributed by atoms with Gasteiger partial charge in [0, 0.05) is 43.6 Å². The third-order valence-electron chi connectivity index (χ3n) is 12.7. The molecule has 0 radical (unpaired) electrons. The normalized spacial score (nSPS) is 36.1. The van der Waals surface area contributed by atoms with Crippen LogP contribution >= 0.6 is 31.9 Å².